The molecule has 94 valence electrons. The Hall–Kier alpha value is -1.79. The molecule has 0 spiro atoms. The molecule has 0 aliphatic heterocycles. The molecule has 0 radical (unpaired) electrons. The molecule has 0 amide bonds. The van der Waals surface area contributed by atoms with Crippen LogP contribution in [0.1, 0.15) is 18.4 Å². The van der Waals surface area contributed by atoms with Crippen LogP contribution in [0.2, 0.25) is 0 Å². The quantitative estimate of drug-likeness (QED) is 0.475. The van der Waals surface area contributed by atoms with Gasteiger partial charge in [0.1, 0.15) is 11.6 Å². The number of hydrogen-bond donors (Lipinski definition) is 2. The minimum Gasteiger partial charge on any atom is -0.491 e. The Balaban J connectivity index is 2.49. The van der Waals surface area contributed by atoms with E-state index in [1.54, 1.807) is 0 Å². The summed E-state index contributed by atoms with van der Waals surface area (Å²) in [7, 11) is 0. The first kappa shape index (κ1) is 13.3. The molecule has 17 heavy (non-hydrogen) atoms. The molecule has 0 atom stereocenters. The summed E-state index contributed by atoms with van der Waals surface area (Å²) in [5.41, 5.74) is 5.61. The van der Waals surface area contributed by atoms with Crippen molar-refractivity contribution in [3.05, 3.63) is 24.0 Å². The summed E-state index contributed by atoms with van der Waals surface area (Å²) in [5, 5.41) is 7.25. The molecule has 0 bridgehead atoms. The highest BCUT2D eigenvalue weighted by Gasteiger charge is 2.26. The summed E-state index contributed by atoms with van der Waals surface area (Å²) in [6.45, 7) is -0.0918. The maximum atomic E-state index is 11.9. The summed E-state index contributed by atoms with van der Waals surface area (Å²) in [6.07, 6.45) is -2.47. The number of alkyl halides is 3. The molecule has 0 aliphatic carbocycles. The van der Waals surface area contributed by atoms with Gasteiger partial charge in [-0.2, -0.15) is 13.2 Å². The average Bonchev–Trinajstić information content (AvgIpc) is 2.23. The second kappa shape index (κ2) is 5.51. The molecular weight excluding hydrogens is 235 g/mol. The van der Waals surface area contributed by atoms with Crippen LogP contribution in [-0.4, -0.2) is 23.6 Å². The second-order valence-electron chi connectivity index (χ2n) is 3.35. The minimum absolute atomic E-state index is 0.0918. The molecule has 0 saturated carbocycles. The number of nitrogens with zero attached hydrogens (tertiary/aromatic N) is 1. The van der Waals surface area contributed by atoms with Gasteiger partial charge in [0.2, 0.25) is 0 Å². The zero-order valence-corrected chi connectivity index (χ0v) is 8.92. The molecular formula is C10H12F3N3O. The molecule has 1 aromatic heterocycles. The highest BCUT2D eigenvalue weighted by atomic mass is 19.4. The Morgan fingerprint density at radius 3 is 2.76 bits per heavy atom. The highest BCUT2D eigenvalue weighted by Crippen LogP contribution is 2.22. The van der Waals surface area contributed by atoms with Crippen molar-refractivity contribution in [3.63, 3.8) is 0 Å². The van der Waals surface area contributed by atoms with Crippen molar-refractivity contribution in [1.82, 2.24) is 4.98 Å². The second-order valence-corrected chi connectivity index (χ2v) is 3.35. The predicted octanol–water partition coefficient (Wildman–Crippen LogP) is 2.09. The molecule has 0 aliphatic rings. The van der Waals surface area contributed by atoms with Crippen molar-refractivity contribution in [2.24, 2.45) is 5.73 Å². The standard InChI is InChI=1S/C10H12F3N3O/c11-10(12,13)3-1-5-17-8-6-16-4-2-7(8)9(14)15/h2,4,6H,1,3,5H2,(H3,14,15). The number of nitrogen functional groups attached to an aromatic ring is 1. The zero-order valence-electron chi connectivity index (χ0n) is 8.92. The first-order valence-electron chi connectivity index (χ1n) is 4.88. The third-order valence-electron chi connectivity index (χ3n) is 1.94. The van der Waals surface area contributed by atoms with E-state index in [1.165, 1.54) is 18.5 Å². The van der Waals surface area contributed by atoms with E-state index in [4.69, 9.17) is 15.9 Å². The van der Waals surface area contributed by atoms with Gasteiger partial charge in [0.15, 0.2) is 0 Å². The van der Waals surface area contributed by atoms with Gasteiger partial charge in [-0.3, -0.25) is 10.4 Å². The van der Waals surface area contributed by atoms with Gasteiger partial charge in [-0.15, -0.1) is 0 Å². The van der Waals surface area contributed by atoms with Crippen LogP contribution in [0.3, 0.4) is 0 Å². The van der Waals surface area contributed by atoms with E-state index >= 15 is 0 Å². The first-order chi connectivity index (χ1) is 7.90. The van der Waals surface area contributed by atoms with Gasteiger partial charge in [0.25, 0.3) is 0 Å². The Kier molecular flexibility index (Phi) is 4.30. The van der Waals surface area contributed by atoms with Crippen molar-refractivity contribution < 1.29 is 17.9 Å². The molecule has 0 unspecified atom stereocenters. The number of nitrogens with one attached hydrogen (secondary N) is 1. The first-order valence-corrected chi connectivity index (χ1v) is 4.88. The van der Waals surface area contributed by atoms with Crippen molar-refractivity contribution in [2.45, 2.75) is 19.0 Å². The molecule has 3 N–H and O–H groups in total. The monoisotopic (exact) mass is 247 g/mol. The lowest BCUT2D eigenvalue weighted by molar-refractivity contribution is -0.136. The van der Waals surface area contributed by atoms with E-state index in [-0.39, 0.29) is 24.6 Å². The number of halogens is 3. The molecule has 7 heteroatoms. The zero-order chi connectivity index (χ0) is 12.9. The number of rotatable bonds is 5. The van der Waals surface area contributed by atoms with Crippen molar-refractivity contribution in [3.8, 4) is 5.75 Å². The van der Waals surface area contributed by atoms with Gasteiger partial charge in [0, 0.05) is 12.6 Å². The van der Waals surface area contributed by atoms with Gasteiger partial charge in [0.05, 0.1) is 18.4 Å². The van der Waals surface area contributed by atoms with Crippen LogP contribution in [0.15, 0.2) is 18.5 Å². The van der Waals surface area contributed by atoms with Gasteiger partial charge in [-0.25, -0.2) is 0 Å². The minimum atomic E-state index is -4.18. The Bertz CT molecular complexity index is 393. The topological polar surface area (TPSA) is 72.0 Å². The SMILES string of the molecule is N=C(N)c1ccncc1OCCCC(F)(F)F. The molecule has 0 aromatic carbocycles. The number of amidine groups is 1. The summed E-state index contributed by atoms with van der Waals surface area (Å²) >= 11 is 0. The lowest BCUT2D eigenvalue weighted by Gasteiger charge is -2.10. The van der Waals surface area contributed by atoms with Gasteiger partial charge < -0.3 is 10.5 Å². The number of ether oxygens (including phenoxy) is 1. The van der Waals surface area contributed by atoms with E-state index in [1.807, 2.05) is 0 Å². The van der Waals surface area contributed by atoms with E-state index in [9.17, 15) is 13.2 Å². The summed E-state index contributed by atoms with van der Waals surface area (Å²) in [5.74, 6) is 0.0143. The third-order valence-corrected chi connectivity index (χ3v) is 1.94. The summed E-state index contributed by atoms with van der Waals surface area (Å²) in [6, 6.07) is 1.47. The molecule has 0 saturated heterocycles. The highest BCUT2D eigenvalue weighted by molar-refractivity contribution is 5.97. The molecule has 1 heterocycles. The molecule has 1 rings (SSSR count). The van der Waals surface area contributed by atoms with Crippen molar-refractivity contribution in [1.29, 1.82) is 5.41 Å². The number of pyridine rings is 1. The Morgan fingerprint density at radius 2 is 2.18 bits per heavy atom. The number of aromatic nitrogens is 1. The van der Waals surface area contributed by atoms with Crippen LogP contribution in [0.25, 0.3) is 0 Å². The Morgan fingerprint density at radius 1 is 1.47 bits per heavy atom. The maximum absolute atomic E-state index is 11.9. The number of hydrogen-bond acceptors (Lipinski definition) is 3. The van der Waals surface area contributed by atoms with E-state index in [0.717, 1.165) is 0 Å². The van der Waals surface area contributed by atoms with Crippen LogP contribution >= 0.6 is 0 Å². The van der Waals surface area contributed by atoms with Gasteiger partial charge in [-0.1, -0.05) is 0 Å². The normalized spacial score (nSPS) is 11.2. The molecule has 0 fully saturated rings. The predicted molar refractivity (Wildman–Crippen MR) is 56.0 cm³/mol. The van der Waals surface area contributed by atoms with Crippen molar-refractivity contribution in [2.75, 3.05) is 6.61 Å². The van der Waals surface area contributed by atoms with E-state index in [0.29, 0.717) is 5.56 Å². The fourth-order valence-electron chi connectivity index (χ4n) is 1.17. The third kappa shape index (κ3) is 4.71. The van der Waals surface area contributed by atoms with Crippen LogP contribution in [0, 0.1) is 5.41 Å². The lowest BCUT2D eigenvalue weighted by Crippen LogP contribution is -2.14. The smallest absolute Gasteiger partial charge is 0.389 e. The fourth-order valence-corrected chi connectivity index (χ4v) is 1.17. The van der Waals surface area contributed by atoms with E-state index in [2.05, 4.69) is 4.98 Å². The van der Waals surface area contributed by atoms with E-state index < -0.39 is 12.6 Å². The maximum Gasteiger partial charge on any atom is 0.389 e. The molecule has 1 aromatic rings. The largest absolute Gasteiger partial charge is 0.491 e. The van der Waals surface area contributed by atoms with Crippen LogP contribution in [0.4, 0.5) is 13.2 Å². The Labute approximate surface area is 96.1 Å². The van der Waals surface area contributed by atoms with Gasteiger partial charge >= 0.3 is 6.18 Å². The lowest BCUT2D eigenvalue weighted by atomic mass is 10.2. The van der Waals surface area contributed by atoms with Crippen molar-refractivity contribution >= 4 is 5.84 Å². The average molecular weight is 247 g/mol. The van der Waals surface area contributed by atoms with Crippen LogP contribution < -0.4 is 10.5 Å². The molecule has 4 nitrogen and oxygen atoms in total. The van der Waals surface area contributed by atoms with Gasteiger partial charge in [-0.05, 0) is 12.5 Å². The summed E-state index contributed by atoms with van der Waals surface area (Å²) < 4.78 is 40.7. The fraction of sp³-hybridized carbons (Fsp3) is 0.400. The van der Waals surface area contributed by atoms with Crippen LogP contribution in [0.5, 0.6) is 5.75 Å². The number of nitrogens with two attached hydrogens (primary N) is 1. The summed E-state index contributed by atoms with van der Waals surface area (Å²) in [4.78, 5) is 3.76. The van der Waals surface area contributed by atoms with Crippen LogP contribution in [-0.2, 0) is 0 Å².